The summed E-state index contributed by atoms with van der Waals surface area (Å²) in [7, 11) is 0. The van der Waals surface area contributed by atoms with Gasteiger partial charge in [0.25, 0.3) is 0 Å². The second kappa shape index (κ2) is 4.06. The van der Waals surface area contributed by atoms with Gasteiger partial charge in [0, 0.05) is 4.83 Å². The lowest BCUT2D eigenvalue weighted by Gasteiger charge is -2.16. The van der Waals surface area contributed by atoms with Gasteiger partial charge in [0.05, 0.1) is 0 Å². The van der Waals surface area contributed by atoms with E-state index >= 15 is 0 Å². The van der Waals surface area contributed by atoms with Gasteiger partial charge < -0.3 is 0 Å². The fourth-order valence-electron chi connectivity index (χ4n) is 2.44. The second-order valence-electron chi connectivity index (χ2n) is 4.69. The van der Waals surface area contributed by atoms with Gasteiger partial charge in [-0.3, -0.25) is 0 Å². The minimum absolute atomic E-state index is 0.584. The summed E-state index contributed by atoms with van der Waals surface area (Å²) in [5, 5.41) is 0. The van der Waals surface area contributed by atoms with Crippen molar-refractivity contribution in [2.24, 2.45) is 11.8 Å². The zero-order chi connectivity index (χ0) is 10.1. The Hall–Kier alpha value is -0.300. The first-order chi connectivity index (χ1) is 6.68. The summed E-state index contributed by atoms with van der Waals surface area (Å²) in [4.78, 5) is 0.584. The molecule has 0 saturated carbocycles. The van der Waals surface area contributed by atoms with Gasteiger partial charge in [-0.05, 0) is 35.8 Å². The van der Waals surface area contributed by atoms with Crippen molar-refractivity contribution in [3.05, 3.63) is 35.4 Å². The van der Waals surface area contributed by atoms with E-state index in [-0.39, 0.29) is 0 Å². The highest BCUT2D eigenvalue weighted by Crippen LogP contribution is 2.44. The van der Waals surface area contributed by atoms with Crippen LogP contribution in [0.4, 0.5) is 0 Å². The molecular weight excluding hydrogens is 236 g/mol. The monoisotopic (exact) mass is 252 g/mol. The predicted octanol–water partition coefficient (Wildman–Crippen LogP) is 4.34. The average molecular weight is 253 g/mol. The Kier molecular flexibility index (Phi) is 2.96. The van der Waals surface area contributed by atoms with Crippen molar-refractivity contribution in [3.8, 4) is 0 Å². The first-order valence-electron chi connectivity index (χ1n) is 5.40. The summed E-state index contributed by atoms with van der Waals surface area (Å²) in [5.41, 5.74) is 3.05. The van der Waals surface area contributed by atoms with E-state index in [2.05, 4.69) is 54.0 Å². The standard InChI is InChI=1S/C13H17Br/c1-9(2)7-11-8-10-5-3-4-6-12(10)13(11)14/h3-6,9,11,13H,7-8H2,1-2H3. The normalized spacial score (nSPS) is 25.4. The van der Waals surface area contributed by atoms with E-state index in [1.165, 1.54) is 18.4 Å². The molecule has 1 heteroatoms. The Labute approximate surface area is 94.8 Å². The molecule has 1 aromatic rings. The molecule has 2 atom stereocenters. The maximum absolute atomic E-state index is 3.83. The Bertz CT molecular complexity index is 317. The molecule has 0 saturated heterocycles. The number of hydrogen-bond acceptors (Lipinski definition) is 0. The van der Waals surface area contributed by atoms with Crippen LogP contribution in [-0.2, 0) is 6.42 Å². The molecule has 0 spiro atoms. The highest BCUT2D eigenvalue weighted by atomic mass is 79.9. The van der Waals surface area contributed by atoms with Crippen LogP contribution in [0.3, 0.4) is 0 Å². The van der Waals surface area contributed by atoms with Crippen LogP contribution in [0, 0.1) is 11.8 Å². The Morgan fingerprint density at radius 3 is 2.71 bits per heavy atom. The van der Waals surface area contributed by atoms with Gasteiger partial charge in [0.1, 0.15) is 0 Å². The van der Waals surface area contributed by atoms with Gasteiger partial charge in [0.2, 0.25) is 0 Å². The molecule has 76 valence electrons. The zero-order valence-electron chi connectivity index (χ0n) is 8.83. The molecule has 0 N–H and O–H groups in total. The van der Waals surface area contributed by atoms with E-state index < -0.39 is 0 Å². The summed E-state index contributed by atoms with van der Waals surface area (Å²) >= 11 is 3.83. The van der Waals surface area contributed by atoms with E-state index in [1.54, 1.807) is 5.56 Å². The first-order valence-corrected chi connectivity index (χ1v) is 6.32. The minimum atomic E-state index is 0.584. The summed E-state index contributed by atoms with van der Waals surface area (Å²) in [5.74, 6) is 1.60. The molecule has 0 radical (unpaired) electrons. The molecule has 0 aliphatic heterocycles. The van der Waals surface area contributed by atoms with Crippen LogP contribution >= 0.6 is 15.9 Å². The fraction of sp³-hybridized carbons (Fsp3) is 0.538. The highest BCUT2D eigenvalue weighted by molar-refractivity contribution is 9.09. The van der Waals surface area contributed by atoms with Gasteiger partial charge in [-0.2, -0.15) is 0 Å². The van der Waals surface area contributed by atoms with E-state index in [1.807, 2.05) is 0 Å². The Morgan fingerprint density at radius 1 is 1.36 bits per heavy atom. The van der Waals surface area contributed by atoms with Crippen molar-refractivity contribution in [1.29, 1.82) is 0 Å². The Balaban J connectivity index is 2.17. The number of rotatable bonds is 2. The van der Waals surface area contributed by atoms with Crippen LogP contribution < -0.4 is 0 Å². The predicted molar refractivity (Wildman–Crippen MR) is 64.8 cm³/mol. The molecule has 0 aromatic heterocycles. The van der Waals surface area contributed by atoms with Gasteiger partial charge in [-0.1, -0.05) is 54.0 Å². The number of benzene rings is 1. The molecule has 1 aliphatic carbocycles. The molecule has 14 heavy (non-hydrogen) atoms. The molecule has 1 aliphatic rings. The third kappa shape index (κ3) is 1.88. The largest absolute Gasteiger partial charge is 0.0836 e. The van der Waals surface area contributed by atoms with Crippen molar-refractivity contribution >= 4 is 15.9 Å². The maximum Gasteiger partial charge on any atom is 0.0429 e. The topological polar surface area (TPSA) is 0 Å². The first kappa shape index (κ1) is 10.2. The number of alkyl halides is 1. The number of fused-ring (bicyclic) bond motifs is 1. The van der Waals surface area contributed by atoms with E-state index in [9.17, 15) is 0 Å². The van der Waals surface area contributed by atoms with E-state index in [0.29, 0.717) is 4.83 Å². The van der Waals surface area contributed by atoms with Gasteiger partial charge in [-0.15, -0.1) is 0 Å². The lowest BCUT2D eigenvalue weighted by Crippen LogP contribution is -2.05. The van der Waals surface area contributed by atoms with Gasteiger partial charge >= 0.3 is 0 Å². The molecule has 1 aromatic carbocycles. The van der Waals surface area contributed by atoms with E-state index in [0.717, 1.165) is 11.8 Å². The van der Waals surface area contributed by atoms with Crippen LogP contribution in [0.25, 0.3) is 0 Å². The molecule has 0 bridgehead atoms. The molecule has 0 fully saturated rings. The van der Waals surface area contributed by atoms with Crippen molar-refractivity contribution < 1.29 is 0 Å². The quantitative estimate of drug-likeness (QED) is 0.688. The van der Waals surface area contributed by atoms with Crippen LogP contribution in [0.15, 0.2) is 24.3 Å². The summed E-state index contributed by atoms with van der Waals surface area (Å²) < 4.78 is 0. The van der Waals surface area contributed by atoms with Crippen LogP contribution in [0.5, 0.6) is 0 Å². The van der Waals surface area contributed by atoms with Crippen molar-refractivity contribution in [2.75, 3.05) is 0 Å². The highest BCUT2D eigenvalue weighted by Gasteiger charge is 2.30. The fourth-order valence-corrected chi connectivity index (χ4v) is 3.29. The van der Waals surface area contributed by atoms with E-state index in [4.69, 9.17) is 0 Å². The molecule has 0 heterocycles. The SMILES string of the molecule is CC(C)CC1Cc2ccccc2C1Br. The van der Waals surface area contributed by atoms with Crippen molar-refractivity contribution in [1.82, 2.24) is 0 Å². The summed E-state index contributed by atoms with van der Waals surface area (Å²) in [6.07, 6.45) is 2.58. The Morgan fingerprint density at radius 2 is 2.07 bits per heavy atom. The lowest BCUT2D eigenvalue weighted by atomic mass is 9.95. The van der Waals surface area contributed by atoms with Crippen LogP contribution in [-0.4, -0.2) is 0 Å². The second-order valence-corrected chi connectivity index (χ2v) is 5.68. The minimum Gasteiger partial charge on any atom is -0.0836 e. The molecular formula is C13H17Br. The molecule has 0 nitrogen and oxygen atoms in total. The maximum atomic E-state index is 3.83. The third-order valence-corrected chi connectivity index (χ3v) is 4.26. The number of hydrogen-bond donors (Lipinski definition) is 0. The van der Waals surface area contributed by atoms with Crippen LogP contribution in [0.1, 0.15) is 36.2 Å². The van der Waals surface area contributed by atoms with Gasteiger partial charge in [-0.25, -0.2) is 0 Å². The molecule has 2 unspecified atom stereocenters. The van der Waals surface area contributed by atoms with Crippen molar-refractivity contribution in [2.45, 2.75) is 31.5 Å². The summed E-state index contributed by atoms with van der Waals surface area (Å²) in [6.45, 7) is 4.62. The summed E-state index contributed by atoms with van der Waals surface area (Å²) in [6, 6.07) is 8.82. The molecule has 2 rings (SSSR count). The van der Waals surface area contributed by atoms with Crippen LogP contribution in [0.2, 0.25) is 0 Å². The van der Waals surface area contributed by atoms with Gasteiger partial charge in [0.15, 0.2) is 0 Å². The van der Waals surface area contributed by atoms with Crippen molar-refractivity contribution in [3.63, 3.8) is 0 Å². The average Bonchev–Trinajstić information content (AvgIpc) is 2.44. The zero-order valence-corrected chi connectivity index (χ0v) is 10.4. The molecule has 0 amide bonds. The smallest absolute Gasteiger partial charge is 0.0429 e. The third-order valence-electron chi connectivity index (χ3n) is 3.02. The number of halogens is 1. The lowest BCUT2D eigenvalue weighted by molar-refractivity contribution is 0.424.